The van der Waals surface area contributed by atoms with Crippen molar-refractivity contribution in [2.24, 2.45) is 0 Å². The van der Waals surface area contributed by atoms with E-state index in [1.165, 1.54) is 0 Å². The van der Waals surface area contributed by atoms with Crippen LogP contribution in [0.4, 0.5) is 10.2 Å². The Morgan fingerprint density at radius 2 is 1.90 bits per heavy atom. The molecule has 4 aliphatic rings. The summed E-state index contributed by atoms with van der Waals surface area (Å²) in [7, 11) is 0. The summed E-state index contributed by atoms with van der Waals surface area (Å²) in [5.74, 6) is 0.142. The van der Waals surface area contributed by atoms with Crippen molar-refractivity contribution in [3.8, 4) is 17.3 Å². The summed E-state index contributed by atoms with van der Waals surface area (Å²) in [6.45, 7) is 3.54. The zero-order chi connectivity index (χ0) is 27.7. The Morgan fingerprint density at radius 3 is 2.73 bits per heavy atom. The lowest BCUT2D eigenvalue weighted by Gasteiger charge is -2.34. The number of aliphatic hydroxyl groups excluding tert-OH is 1. The molecule has 0 aliphatic carbocycles. The zero-order valence-corrected chi connectivity index (χ0v) is 23.4. The van der Waals surface area contributed by atoms with Crippen molar-refractivity contribution >= 4 is 39.1 Å². The number of halogens is 2. The van der Waals surface area contributed by atoms with Crippen LogP contribution < -0.4 is 15.0 Å². The first-order valence-corrected chi connectivity index (χ1v) is 15.0. The van der Waals surface area contributed by atoms with Crippen LogP contribution in [0.25, 0.3) is 32.9 Å². The average Bonchev–Trinajstić information content (AvgIpc) is 3.62. The Hall–Kier alpha value is -3.11. The molecule has 0 amide bonds. The number of hydrogen-bond acceptors (Lipinski definition) is 8. The number of pyridine rings is 1. The van der Waals surface area contributed by atoms with E-state index >= 15 is 4.39 Å². The first kappa shape index (κ1) is 25.6. The molecule has 4 atom stereocenters. The normalized spacial score (nSPS) is 27.7. The lowest BCUT2D eigenvalue weighted by atomic mass is 9.94. The summed E-state index contributed by atoms with van der Waals surface area (Å²) >= 11 is 6.60. The maximum absolute atomic E-state index is 16.6. The lowest BCUT2D eigenvalue weighted by Crippen LogP contribution is -2.51. The number of rotatable bonds is 5. The van der Waals surface area contributed by atoms with Gasteiger partial charge in [-0.05, 0) is 50.1 Å². The fourth-order valence-electron chi connectivity index (χ4n) is 7.67. The molecule has 4 fully saturated rings. The van der Waals surface area contributed by atoms with Gasteiger partial charge in [-0.3, -0.25) is 9.88 Å². The molecule has 41 heavy (non-hydrogen) atoms. The minimum Gasteiger partial charge on any atom is -0.461 e. The Bertz CT molecular complexity index is 1650. The summed E-state index contributed by atoms with van der Waals surface area (Å²) in [4.78, 5) is 18.7. The summed E-state index contributed by atoms with van der Waals surface area (Å²) < 4.78 is 22.9. The molecule has 2 aromatic heterocycles. The van der Waals surface area contributed by atoms with Crippen molar-refractivity contribution in [2.45, 2.75) is 55.8 Å². The number of aromatic nitrogens is 3. The summed E-state index contributed by atoms with van der Waals surface area (Å²) in [5, 5.41) is 16.8. The second kappa shape index (κ2) is 9.73. The molecule has 8 nitrogen and oxygen atoms in total. The number of hydrogen-bond donors (Lipinski definition) is 2. The molecule has 4 saturated heterocycles. The molecule has 2 aromatic carbocycles. The number of ether oxygens (including phenoxy) is 1. The largest absolute Gasteiger partial charge is 0.461 e. The van der Waals surface area contributed by atoms with E-state index in [-0.39, 0.29) is 28.9 Å². The van der Waals surface area contributed by atoms with Gasteiger partial charge in [0.15, 0.2) is 5.82 Å². The molecular formula is C31H32ClFN6O2. The Morgan fingerprint density at radius 1 is 1.10 bits per heavy atom. The number of benzene rings is 2. The molecule has 4 aromatic rings. The van der Waals surface area contributed by atoms with Crippen molar-refractivity contribution in [3.63, 3.8) is 0 Å². The Balaban J connectivity index is 1.25. The van der Waals surface area contributed by atoms with E-state index < -0.39 is 5.82 Å². The standard InChI is InChI=1S/C31H32ClFN6O2/c32-24-7-2-5-18-4-1-6-22(25(18)24)27-26(33)28-23(13-34-27)29(38-14-19-8-9-20(15-38)35-19)37-30(36-28)41-17-31-10-3-11-39(31)16-21(40)12-31/h1-2,4-7,13,19-21,35,40H,3,8-12,14-17H2/t19?,20?,21-,31-/m1/s1. The highest BCUT2D eigenvalue weighted by molar-refractivity contribution is 6.36. The molecule has 2 bridgehead atoms. The molecular weight excluding hydrogens is 543 g/mol. The highest BCUT2D eigenvalue weighted by Crippen LogP contribution is 2.41. The summed E-state index contributed by atoms with van der Waals surface area (Å²) in [6, 6.07) is 12.3. The van der Waals surface area contributed by atoms with Gasteiger partial charge in [0.2, 0.25) is 0 Å². The van der Waals surface area contributed by atoms with Crippen LogP contribution in [0.1, 0.15) is 32.1 Å². The average molecular weight is 575 g/mol. The Kier molecular flexibility index (Phi) is 6.07. The minimum atomic E-state index is -0.515. The van der Waals surface area contributed by atoms with Crippen LogP contribution in [0.15, 0.2) is 42.6 Å². The molecule has 4 aliphatic heterocycles. The minimum absolute atomic E-state index is 0.160. The molecule has 0 radical (unpaired) electrons. The van der Waals surface area contributed by atoms with Crippen molar-refractivity contribution in [1.29, 1.82) is 0 Å². The Labute approximate surface area is 242 Å². The van der Waals surface area contributed by atoms with Gasteiger partial charge in [-0.1, -0.05) is 41.9 Å². The maximum atomic E-state index is 16.6. The van der Waals surface area contributed by atoms with E-state index in [9.17, 15) is 5.11 Å². The summed E-state index contributed by atoms with van der Waals surface area (Å²) in [5.41, 5.74) is 0.785. The predicted octanol–water partition coefficient (Wildman–Crippen LogP) is 4.56. The van der Waals surface area contributed by atoms with E-state index in [2.05, 4.69) is 25.1 Å². The van der Waals surface area contributed by atoms with Gasteiger partial charge in [0.25, 0.3) is 0 Å². The molecule has 0 saturated carbocycles. The van der Waals surface area contributed by atoms with Crippen molar-refractivity contribution < 1.29 is 14.2 Å². The number of piperazine rings is 1. The zero-order valence-electron chi connectivity index (χ0n) is 22.7. The van der Waals surface area contributed by atoms with Gasteiger partial charge >= 0.3 is 6.01 Å². The van der Waals surface area contributed by atoms with Crippen LogP contribution in [0.2, 0.25) is 5.02 Å². The number of β-amino-alcohol motifs (C(OH)–C–C–N with tert-alkyl or cyclic N) is 1. The number of nitrogens with one attached hydrogen (secondary N) is 1. The van der Waals surface area contributed by atoms with Crippen LogP contribution in [-0.2, 0) is 0 Å². The molecule has 0 spiro atoms. The van der Waals surface area contributed by atoms with Gasteiger partial charge in [0.1, 0.15) is 23.6 Å². The van der Waals surface area contributed by atoms with Gasteiger partial charge in [0.05, 0.1) is 17.0 Å². The van der Waals surface area contributed by atoms with Gasteiger partial charge in [-0.2, -0.15) is 9.97 Å². The van der Waals surface area contributed by atoms with Crippen LogP contribution in [-0.4, -0.2) is 81.5 Å². The van der Waals surface area contributed by atoms with Crippen LogP contribution in [0.5, 0.6) is 6.01 Å². The number of fused-ring (bicyclic) bond motifs is 5. The fraction of sp³-hybridized carbons (Fsp3) is 0.452. The second-order valence-electron chi connectivity index (χ2n) is 12.1. The van der Waals surface area contributed by atoms with Gasteiger partial charge in [-0.25, -0.2) is 4.39 Å². The monoisotopic (exact) mass is 574 g/mol. The van der Waals surface area contributed by atoms with E-state index in [1.807, 2.05) is 36.4 Å². The van der Waals surface area contributed by atoms with Gasteiger partial charge in [0, 0.05) is 53.9 Å². The molecule has 2 N–H and O–H groups in total. The highest BCUT2D eigenvalue weighted by Gasteiger charge is 2.48. The van der Waals surface area contributed by atoms with Crippen molar-refractivity contribution in [1.82, 2.24) is 25.2 Å². The van der Waals surface area contributed by atoms with E-state index in [1.54, 1.807) is 6.20 Å². The SMILES string of the molecule is O[C@H]1CN2CCC[C@]2(COc2nc(N3CC4CCC(C3)N4)c3cnc(-c4cccc5cccc(Cl)c45)c(F)c3n2)C1. The van der Waals surface area contributed by atoms with Crippen molar-refractivity contribution in [3.05, 3.63) is 53.4 Å². The quantitative estimate of drug-likeness (QED) is 0.359. The molecule has 2 unspecified atom stereocenters. The maximum Gasteiger partial charge on any atom is 0.319 e. The number of anilines is 1. The third-order valence-corrected chi connectivity index (χ3v) is 9.84. The third kappa shape index (κ3) is 4.24. The smallest absolute Gasteiger partial charge is 0.319 e. The van der Waals surface area contributed by atoms with Crippen LogP contribution in [0, 0.1) is 5.82 Å². The van der Waals surface area contributed by atoms with Gasteiger partial charge < -0.3 is 20.1 Å². The number of nitrogens with zero attached hydrogens (tertiary/aromatic N) is 5. The van der Waals surface area contributed by atoms with Crippen LogP contribution in [0.3, 0.4) is 0 Å². The highest BCUT2D eigenvalue weighted by atomic mass is 35.5. The molecule has 8 rings (SSSR count). The molecule has 212 valence electrons. The molecule has 10 heteroatoms. The van der Waals surface area contributed by atoms with Crippen molar-refractivity contribution in [2.75, 3.05) is 37.7 Å². The summed E-state index contributed by atoms with van der Waals surface area (Å²) in [6.07, 6.45) is 6.26. The third-order valence-electron chi connectivity index (χ3n) is 9.53. The first-order chi connectivity index (χ1) is 20.0. The van der Waals surface area contributed by atoms with E-state index in [0.29, 0.717) is 53.4 Å². The topological polar surface area (TPSA) is 86.6 Å². The van der Waals surface area contributed by atoms with Gasteiger partial charge in [-0.15, -0.1) is 0 Å². The van der Waals surface area contributed by atoms with E-state index in [4.69, 9.17) is 21.3 Å². The first-order valence-electron chi connectivity index (χ1n) is 14.6. The second-order valence-corrected chi connectivity index (χ2v) is 12.5. The lowest BCUT2D eigenvalue weighted by molar-refractivity contribution is 0.107. The van der Waals surface area contributed by atoms with Crippen LogP contribution >= 0.6 is 11.6 Å². The number of aliphatic hydroxyl groups is 1. The van der Waals surface area contributed by atoms with E-state index in [0.717, 1.165) is 56.1 Å². The predicted molar refractivity (Wildman–Crippen MR) is 157 cm³/mol. The fourth-order valence-corrected chi connectivity index (χ4v) is 7.95. The molecule has 6 heterocycles.